The Bertz CT molecular complexity index is 770. The summed E-state index contributed by atoms with van der Waals surface area (Å²) >= 11 is 1.82. The number of nitrogens with zero attached hydrogens (tertiary/aromatic N) is 1. The van der Waals surface area contributed by atoms with Crippen molar-refractivity contribution in [3.05, 3.63) is 54.1 Å². The van der Waals surface area contributed by atoms with Gasteiger partial charge in [0.25, 0.3) is 0 Å². The van der Waals surface area contributed by atoms with E-state index in [1.165, 1.54) is 4.90 Å². The molecule has 1 heterocycles. The highest BCUT2D eigenvalue weighted by Crippen LogP contribution is 2.38. The van der Waals surface area contributed by atoms with Crippen LogP contribution in [0.3, 0.4) is 0 Å². The van der Waals surface area contributed by atoms with Crippen molar-refractivity contribution in [3.63, 3.8) is 0 Å². The summed E-state index contributed by atoms with van der Waals surface area (Å²) in [5.41, 5.74) is 1.04. The monoisotopic (exact) mass is 400 g/mol. The summed E-state index contributed by atoms with van der Waals surface area (Å²) in [7, 11) is 3.29. The highest BCUT2D eigenvalue weighted by molar-refractivity contribution is 7.99. The molecule has 1 atom stereocenters. The minimum Gasteiger partial charge on any atom is -0.497 e. The second kappa shape index (κ2) is 10.3. The number of amides is 2. The van der Waals surface area contributed by atoms with Crippen LogP contribution in [0, 0.1) is 0 Å². The van der Waals surface area contributed by atoms with E-state index >= 15 is 0 Å². The largest absolute Gasteiger partial charge is 0.497 e. The van der Waals surface area contributed by atoms with Crippen LogP contribution in [0.2, 0.25) is 0 Å². The lowest BCUT2D eigenvalue weighted by Crippen LogP contribution is -2.40. The fraction of sp³-hybridized carbons (Fsp3) is 0.409. The number of hydrogen-bond donors (Lipinski definition) is 1. The van der Waals surface area contributed by atoms with Crippen molar-refractivity contribution in [3.8, 4) is 11.5 Å². The maximum atomic E-state index is 12.7. The average molecular weight is 401 g/mol. The van der Waals surface area contributed by atoms with Gasteiger partial charge in [-0.15, -0.1) is 11.8 Å². The van der Waals surface area contributed by atoms with Gasteiger partial charge in [-0.05, 0) is 49.3 Å². The first-order valence-corrected chi connectivity index (χ1v) is 10.7. The zero-order chi connectivity index (χ0) is 19.8. The zero-order valence-electron chi connectivity index (χ0n) is 16.5. The molecule has 1 fully saturated rings. The number of carbonyl (C=O) groups excluding carboxylic acids is 1. The van der Waals surface area contributed by atoms with E-state index in [4.69, 9.17) is 9.47 Å². The lowest BCUT2D eigenvalue weighted by atomic mass is 10.0. The molecule has 2 amide bonds. The topological polar surface area (TPSA) is 50.8 Å². The minimum atomic E-state index is 0.00471. The standard InChI is InChI=1S/C22H28N2O3S/c1-26-17-11-12-19(21(16-17)27-2)20-10-6-14-24(20)22(25)23-13-7-15-28-18-8-4-3-5-9-18/h3-5,8-9,11-12,16,20H,6-7,10,13-15H2,1-2H3,(H,23,25). The first-order chi connectivity index (χ1) is 13.7. The van der Waals surface area contributed by atoms with Gasteiger partial charge in [-0.25, -0.2) is 4.79 Å². The van der Waals surface area contributed by atoms with Crippen LogP contribution >= 0.6 is 11.8 Å². The van der Waals surface area contributed by atoms with E-state index in [-0.39, 0.29) is 12.1 Å². The van der Waals surface area contributed by atoms with Crippen molar-refractivity contribution in [1.29, 1.82) is 0 Å². The SMILES string of the molecule is COc1ccc(C2CCCN2C(=O)NCCCSc2ccccc2)c(OC)c1. The molecule has 0 radical (unpaired) electrons. The Morgan fingerprint density at radius 1 is 1.18 bits per heavy atom. The number of likely N-dealkylation sites (tertiary alicyclic amines) is 1. The Hall–Kier alpha value is -2.34. The molecule has 0 aromatic heterocycles. The number of thioether (sulfide) groups is 1. The van der Waals surface area contributed by atoms with Crippen molar-refractivity contribution >= 4 is 17.8 Å². The van der Waals surface area contributed by atoms with E-state index in [1.54, 1.807) is 14.2 Å². The molecular weight excluding hydrogens is 372 g/mol. The summed E-state index contributed by atoms with van der Waals surface area (Å²) in [6.45, 7) is 1.45. The fourth-order valence-corrected chi connectivity index (χ4v) is 4.38. The number of methoxy groups -OCH3 is 2. The molecule has 2 aromatic rings. The van der Waals surface area contributed by atoms with E-state index in [0.29, 0.717) is 6.54 Å². The summed E-state index contributed by atoms with van der Waals surface area (Å²) in [6.07, 6.45) is 2.88. The second-order valence-corrected chi connectivity index (χ2v) is 7.87. The second-order valence-electron chi connectivity index (χ2n) is 6.71. The first-order valence-electron chi connectivity index (χ1n) is 9.67. The third kappa shape index (κ3) is 5.13. The van der Waals surface area contributed by atoms with Gasteiger partial charge in [0.15, 0.2) is 0 Å². The van der Waals surface area contributed by atoms with Crippen molar-refractivity contribution in [1.82, 2.24) is 10.2 Å². The van der Waals surface area contributed by atoms with Crippen LogP contribution < -0.4 is 14.8 Å². The van der Waals surface area contributed by atoms with Gasteiger partial charge >= 0.3 is 6.03 Å². The maximum Gasteiger partial charge on any atom is 0.317 e. The molecule has 28 heavy (non-hydrogen) atoms. The van der Waals surface area contributed by atoms with Gasteiger partial charge in [0.05, 0.1) is 20.3 Å². The molecule has 0 spiro atoms. The summed E-state index contributed by atoms with van der Waals surface area (Å²) in [5.74, 6) is 2.51. The Labute approximate surface area is 171 Å². The highest BCUT2D eigenvalue weighted by Gasteiger charge is 2.31. The van der Waals surface area contributed by atoms with Gasteiger partial charge in [-0.2, -0.15) is 0 Å². The number of carbonyl (C=O) groups is 1. The number of urea groups is 1. The normalized spacial score (nSPS) is 16.1. The van der Waals surface area contributed by atoms with Crippen LogP contribution in [0.5, 0.6) is 11.5 Å². The molecule has 0 aliphatic carbocycles. The lowest BCUT2D eigenvalue weighted by molar-refractivity contribution is 0.192. The summed E-state index contributed by atoms with van der Waals surface area (Å²) < 4.78 is 10.8. The van der Waals surface area contributed by atoms with Gasteiger partial charge in [0.2, 0.25) is 0 Å². The first kappa shape index (κ1) is 20.4. The average Bonchev–Trinajstić information content (AvgIpc) is 3.23. The Balaban J connectivity index is 1.52. The third-order valence-corrected chi connectivity index (χ3v) is 6.02. The van der Waals surface area contributed by atoms with Gasteiger partial charge in [-0.1, -0.05) is 18.2 Å². The molecule has 1 N–H and O–H groups in total. The van der Waals surface area contributed by atoms with Crippen LogP contribution in [0.1, 0.15) is 30.9 Å². The molecule has 1 aliphatic heterocycles. The van der Waals surface area contributed by atoms with Crippen LogP contribution in [-0.2, 0) is 0 Å². The van der Waals surface area contributed by atoms with Crippen molar-refractivity contribution in [2.24, 2.45) is 0 Å². The number of benzene rings is 2. The van der Waals surface area contributed by atoms with Crippen LogP contribution in [0.25, 0.3) is 0 Å². The summed E-state index contributed by atoms with van der Waals surface area (Å²) in [4.78, 5) is 15.9. The number of rotatable bonds is 8. The van der Waals surface area contributed by atoms with E-state index in [9.17, 15) is 4.79 Å². The Morgan fingerprint density at radius 3 is 2.75 bits per heavy atom. The van der Waals surface area contributed by atoms with Crippen LogP contribution in [0.4, 0.5) is 4.79 Å². The predicted octanol–water partition coefficient (Wildman–Crippen LogP) is 4.73. The number of nitrogens with one attached hydrogen (secondary N) is 1. The number of hydrogen-bond acceptors (Lipinski definition) is 4. The molecule has 150 valence electrons. The molecule has 1 saturated heterocycles. The Kier molecular flexibility index (Phi) is 7.48. The lowest BCUT2D eigenvalue weighted by Gasteiger charge is -2.26. The van der Waals surface area contributed by atoms with E-state index in [1.807, 2.05) is 53.1 Å². The smallest absolute Gasteiger partial charge is 0.317 e. The molecule has 1 unspecified atom stereocenters. The molecular formula is C22H28N2O3S. The van der Waals surface area contributed by atoms with Gasteiger partial charge in [0, 0.05) is 29.6 Å². The van der Waals surface area contributed by atoms with Crippen molar-refractivity contribution < 1.29 is 14.3 Å². The third-order valence-electron chi connectivity index (χ3n) is 4.92. The molecule has 6 heteroatoms. The fourth-order valence-electron chi connectivity index (χ4n) is 3.50. The zero-order valence-corrected chi connectivity index (χ0v) is 17.3. The van der Waals surface area contributed by atoms with E-state index in [2.05, 4.69) is 17.4 Å². The van der Waals surface area contributed by atoms with Crippen molar-refractivity contribution in [2.45, 2.75) is 30.2 Å². The quantitative estimate of drug-likeness (QED) is 0.514. The van der Waals surface area contributed by atoms with Gasteiger partial charge in [-0.3, -0.25) is 0 Å². The highest BCUT2D eigenvalue weighted by atomic mass is 32.2. The molecule has 3 rings (SSSR count). The Morgan fingerprint density at radius 2 is 2.00 bits per heavy atom. The predicted molar refractivity (Wildman–Crippen MR) is 113 cm³/mol. The van der Waals surface area contributed by atoms with Gasteiger partial charge < -0.3 is 19.7 Å². The number of ether oxygens (including phenoxy) is 2. The van der Waals surface area contributed by atoms with Gasteiger partial charge in [0.1, 0.15) is 11.5 Å². The van der Waals surface area contributed by atoms with Crippen LogP contribution in [0.15, 0.2) is 53.4 Å². The summed E-state index contributed by atoms with van der Waals surface area (Å²) in [5, 5.41) is 3.08. The summed E-state index contributed by atoms with van der Waals surface area (Å²) in [6, 6.07) is 16.2. The molecule has 0 saturated carbocycles. The molecule has 2 aromatic carbocycles. The van der Waals surface area contributed by atoms with E-state index < -0.39 is 0 Å². The maximum absolute atomic E-state index is 12.7. The molecule has 1 aliphatic rings. The van der Waals surface area contributed by atoms with Crippen molar-refractivity contribution in [2.75, 3.05) is 33.1 Å². The minimum absolute atomic E-state index is 0.00471. The van der Waals surface area contributed by atoms with Crippen LogP contribution in [-0.4, -0.2) is 44.0 Å². The molecule has 0 bridgehead atoms. The molecule has 5 nitrogen and oxygen atoms in total. The van der Waals surface area contributed by atoms with E-state index in [0.717, 1.165) is 48.6 Å².